The molecule has 0 aromatic heterocycles. The molecule has 1 amide bonds. The highest BCUT2D eigenvalue weighted by molar-refractivity contribution is 6.35. The predicted octanol–water partition coefficient (Wildman–Crippen LogP) is 5.34. The Labute approximate surface area is 161 Å². The Balaban J connectivity index is 2.03. The minimum absolute atomic E-state index is 0.339. The zero-order valence-corrected chi connectivity index (χ0v) is 16.0. The van der Waals surface area contributed by atoms with Gasteiger partial charge in [-0.15, -0.1) is 0 Å². The summed E-state index contributed by atoms with van der Waals surface area (Å²) < 4.78 is 5.56. The summed E-state index contributed by atoms with van der Waals surface area (Å²) in [6.07, 6.45) is -0.120. The van der Waals surface area contributed by atoms with Gasteiger partial charge in [-0.05, 0) is 49.2 Å². The molecule has 1 atom stereocenters. The smallest absolute Gasteiger partial charge is 0.280 e. The van der Waals surface area contributed by atoms with Gasteiger partial charge in [0.2, 0.25) is 0 Å². The van der Waals surface area contributed by atoms with Crippen molar-refractivity contribution in [2.45, 2.75) is 26.4 Å². The van der Waals surface area contributed by atoms with Crippen molar-refractivity contribution < 1.29 is 9.53 Å². The summed E-state index contributed by atoms with van der Waals surface area (Å²) in [6, 6.07) is 12.1. The Bertz CT molecular complexity index is 776. The monoisotopic (exact) mass is 398 g/mol. The van der Waals surface area contributed by atoms with Gasteiger partial charge in [0.25, 0.3) is 5.91 Å². The van der Waals surface area contributed by atoms with Crippen LogP contribution in [0.25, 0.3) is 0 Å². The molecule has 0 saturated carbocycles. The molecule has 7 heteroatoms. The van der Waals surface area contributed by atoms with Crippen LogP contribution in [0.1, 0.15) is 25.8 Å². The van der Waals surface area contributed by atoms with E-state index >= 15 is 0 Å². The van der Waals surface area contributed by atoms with Crippen LogP contribution in [0, 0.1) is 0 Å². The van der Waals surface area contributed by atoms with E-state index in [4.69, 9.17) is 39.5 Å². The summed E-state index contributed by atoms with van der Waals surface area (Å²) in [5, 5.41) is 5.66. The van der Waals surface area contributed by atoms with E-state index in [0.29, 0.717) is 27.2 Å². The Kier molecular flexibility index (Phi) is 7.12. The fourth-order valence-corrected chi connectivity index (χ4v) is 2.60. The van der Waals surface area contributed by atoms with Crippen molar-refractivity contribution >= 4 is 46.4 Å². The van der Waals surface area contributed by atoms with Crippen molar-refractivity contribution in [2.75, 3.05) is 0 Å². The second-order valence-corrected chi connectivity index (χ2v) is 6.51. The molecule has 4 nitrogen and oxygen atoms in total. The summed E-state index contributed by atoms with van der Waals surface area (Å²) in [7, 11) is 0. The van der Waals surface area contributed by atoms with E-state index in [9.17, 15) is 4.79 Å². The standard InChI is InChI=1S/C18H17Cl3N2O2/c1-3-16(12-4-6-13(19)7-5-12)22-23-18(24)11(2)25-17-9-8-14(20)10-15(17)21/h4-11H,3H2,1-2H3,(H,23,24). The summed E-state index contributed by atoms with van der Waals surface area (Å²) in [5.74, 6) is -0.00274. The van der Waals surface area contributed by atoms with Crippen molar-refractivity contribution in [3.05, 3.63) is 63.1 Å². The lowest BCUT2D eigenvalue weighted by Gasteiger charge is -2.14. The fraction of sp³-hybridized carbons (Fsp3) is 0.222. The molecule has 2 rings (SSSR count). The van der Waals surface area contributed by atoms with E-state index in [-0.39, 0.29) is 5.91 Å². The first-order chi connectivity index (χ1) is 11.9. The van der Waals surface area contributed by atoms with Gasteiger partial charge in [-0.3, -0.25) is 4.79 Å². The molecule has 0 bridgehead atoms. The van der Waals surface area contributed by atoms with Crippen molar-refractivity contribution in [1.29, 1.82) is 0 Å². The molecule has 0 fully saturated rings. The van der Waals surface area contributed by atoms with Crippen molar-refractivity contribution in [3.8, 4) is 5.75 Å². The van der Waals surface area contributed by atoms with Gasteiger partial charge < -0.3 is 4.74 Å². The number of hydrogen-bond donors (Lipinski definition) is 1. The van der Waals surface area contributed by atoms with Crippen LogP contribution < -0.4 is 10.2 Å². The second-order valence-electron chi connectivity index (χ2n) is 5.23. The minimum Gasteiger partial charge on any atom is -0.479 e. The fourth-order valence-electron chi connectivity index (χ4n) is 2.02. The van der Waals surface area contributed by atoms with Gasteiger partial charge in [0.05, 0.1) is 10.7 Å². The predicted molar refractivity (Wildman–Crippen MR) is 103 cm³/mol. The van der Waals surface area contributed by atoms with Crippen LogP contribution in [0.15, 0.2) is 47.6 Å². The molecule has 132 valence electrons. The van der Waals surface area contributed by atoms with Crippen LogP contribution in [0.4, 0.5) is 0 Å². The lowest BCUT2D eigenvalue weighted by molar-refractivity contribution is -0.127. The molecule has 0 radical (unpaired) electrons. The van der Waals surface area contributed by atoms with Gasteiger partial charge >= 0.3 is 0 Å². The molecular formula is C18H17Cl3N2O2. The Morgan fingerprint density at radius 1 is 1.12 bits per heavy atom. The number of amides is 1. The summed E-state index contributed by atoms with van der Waals surface area (Å²) in [6.45, 7) is 3.57. The molecule has 0 spiro atoms. The topological polar surface area (TPSA) is 50.7 Å². The largest absolute Gasteiger partial charge is 0.479 e. The molecule has 2 aromatic rings. The number of carbonyl (C=O) groups is 1. The van der Waals surface area contributed by atoms with Crippen LogP contribution in [-0.2, 0) is 4.79 Å². The maximum absolute atomic E-state index is 12.2. The van der Waals surface area contributed by atoms with Gasteiger partial charge in [-0.25, -0.2) is 5.43 Å². The quantitative estimate of drug-likeness (QED) is 0.526. The lowest BCUT2D eigenvalue weighted by atomic mass is 10.1. The summed E-state index contributed by atoms with van der Waals surface area (Å²) in [5.41, 5.74) is 4.15. The average molecular weight is 400 g/mol. The van der Waals surface area contributed by atoms with Gasteiger partial charge in [0, 0.05) is 10.0 Å². The number of nitrogens with one attached hydrogen (secondary N) is 1. The molecular weight excluding hydrogens is 383 g/mol. The number of hydrogen-bond acceptors (Lipinski definition) is 3. The van der Waals surface area contributed by atoms with E-state index in [0.717, 1.165) is 11.3 Å². The molecule has 0 aliphatic heterocycles. The molecule has 25 heavy (non-hydrogen) atoms. The first-order valence-corrected chi connectivity index (χ1v) is 8.78. The number of halogens is 3. The van der Waals surface area contributed by atoms with Gasteiger partial charge in [0.1, 0.15) is 5.75 Å². The molecule has 1 N–H and O–H groups in total. The lowest BCUT2D eigenvalue weighted by Crippen LogP contribution is -2.34. The van der Waals surface area contributed by atoms with Gasteiger partial charge in [-0.1, -0.05) is 53.9 Å². The van der Waals surface area contributed by atoms with Crippen molar-refractivity contribution in [3.63, 3.8) is 0 Å². The van der Waals surface area contributed by atoms with Crippen molar-refractivity contribution in [1.82, 2.24) is 5.43 Å². The van der Waals surface area contributed by atoms with E-state index in [1.807, 2.05) is 19.1 Å². The van der Waals surface area contributed by atoms with Crippen LogP contribution in [0.5, 0.6) is 5.75 Å². The summed E-state index contributed by atoms with van der Waals surface area (Å²) in [4.78, 5) is 12.2. The molecule has 0 saturated heterocycles. The molecule has 0 aliphatic rings. The first-order valence-electron chi connectivity index (χ1n) is 7.64. The zero-order valence-electron chi connectivity index (χ0n) is 13.7. The third-order valence-electron chi connectivity index (χ3n) is 3.38. The van der Waals surface area contributed by atoms with E-state index in [1.165, 1.54) is 0 Å². The zero-order chi connectivity index (χ0) is 18.4. The third-order valence-corrected chi connectivity index (χ3v) is 4.16. The highest BCUT2D eigenvalue weighted by atomic mass is 35.5. The number of carbonyl (C=O) groups excluding carboxylic acids is 1. The molecule has 1 unspecified atom stereocenters. The highest BCUT2D eigenvalue weighted by Gasteiger charge is 2.16. The second kappa shape index (κ2) is 9.09. The number of benzene rings is 2. The molecule has 0 aliphatic carbocycles. The normalized spacial score (nSPS) is 12.6. The molecule has 2 aromatic carbocycles. The average Bonchev–Trinajstić information content (AvgIpc) is 2.59. The number of hydrazone groups is 1. The summed E-state index contributed by atoms with van der Waals surface area (Å²) >= 11 is 17.8. The highest BCUT2D eigenvalue weighted by Crippen LogP contribution is 2.28. The van der Waals surface area contributed by atoms with Crippen LogP contribution in [0.3, 0.4) is 0 Å². The molecule has 0 heterocycles. The third kappa shape index (κ3) is 5.63. The maximum atomic E-state index is 12.2. The Hall–Kier alpha value is -1.75. The minimum atomic E-state index is -0.772. The van der Waals surface area contributed by atoms with E-state index in [2.05, 4.69) is 10.5 Å². The van der Waals surface area contributed by atoms with Gasteiger partial charge in [0.15, 0.2) is 6.10 Å². The first kappa shape index (κ1) is 19.6. The Morgan fingerprint density at radius 2 is 1.76 bits per heavy atom. The number of nitrogens with zero attached hydrogens (tertiary/aromatic N) is 1. The van der Waals surface area contributed by atoms with Gasteiger partial charge in [-0.2, -0.15) is 5.10 Å². The SMILES string of the molecule is CCC(=NNC(=O)C(C)Oc1ccc(Cl)cc1Cl)c1ccc(Cl)cc1. The number of ether oxygens (including phenoxy) is 1. The van der Waals surface area contributed by atoms with Crippen LogP contribution in [-0.4, -0.2) is 17.7 Å². The number of rotatable bonds is 6. The maximum Gasteiger partial charge on any atom is 0.280 e. The van der Waals surface area contributed by atoms with Crippen LogP contribution in [0.2, 0.25) is 15.1 Å². The van der Waals surface area contributed by atoms with Crippen molar-refractivity contribution in [2.24, 2.45) is 5.10 Å². The van der Waals surface area contributed by atoms with E-state index in [1.54, 1.807) is 37.3 Å². The Morgan fingerprint density at radius 3 is 2.36 bits per heavy atom. The van der Waals surface area contributed by atoms with Crippen LogP contribution >= 0.6 is 34.8 Å². The van der Waals surface area contributed by atoms with E-state index < -0.39 is 6.10 Å².